The number of imide groups is 1. The Morgan fingerprint density at radius 2 is 2.14 bits per heavy atom. The Morgan fingerprint density at radius 3 is 2.64 bits per heavy atom. The minimum atomic E-state index is -5.01. The maximum atomic E-state index is 11.6. The first-order valence-corrected chi connectivity index (χ1v) is 7.27. The van der Waals surface area contributed by atoms with E-state index in [4.69, 9.17) is 9.94 Å². The van der Waals surface area contributed by atoms with Crippen molar-refractivity contribution in [3.05, 3.63) is 12.2 Å². The number of hydroxylamine groups is 3. The van der Waals surface area contributed by atoms with E-state index in [1.807, 2.05) is 0 Å². The molecule has 0 saturated carbocycles. The summed E-state index contributed by atoms with van der Waals surface area (Å²) in [6.45, 7) is 3.15. The van der Waals surface area contributed by atoms with Gasteiger partial charge in [0, 0.05) is 0 Å². The molecule has 12 heteroatoms. The number of hydrogen-bond acceptors (Lipinski definition) is 10. The van der Waals surface area contributed by atoms with Crippen molar-refractivity contribution in [2.24, 2.45) is 0 Å². The number of nitrogens with zero attached hydrogens (tertiary/aromatic N) is 1. The number of carbonyl (C=O) groups excluding carboxylic acids is 3. The number of carbonyl (C=O) groups is 3. The monoisotopic (exact) mass is 337 g/mol. The van der Waals surface area contributed by atoms with Crippen molar-refractivity contribution in [1.29, 1.82) is 0 Å². The van der Waals surface area contributed by atoms with Crippen molar-refractivity contribution < 1.29 is 42.1 Å². The minimum Gasteiger partial charge on any atom is -0.747 e. The molecule has 0 radical (unpaired) electrons. The Bertz CT molecular complexity index is 585. The van der Waals surface area contributed by atoms with E-state index in [1.54, 1.807) is 5.48 Å². The second-order valence-corrected chi connectivity index (χ2v) is 5.81. The molecule has 0 spiro atoms. The van der Waals surface area contributed by atoms with Gasteiger partial charge >= 0.3 is 5.97 Å². The number of ether oxygens (including phenoxy) is 1. The molecule has 0 bridgehead atoms. The molecule has 1 saturated heterocycles. The molecule has 1 rings (SSSR count). The Labute approximate surface area is 125 Å². The summed E-state index contributed by atoms with van der Waals surface area (Å²) in [6.07, 6.45) is -1.29. The second kappa shape index (κ2) is 7.42. The van der Waals surface area contributed by atoms with E-state index in [0.29, 0.717) is 0 Å². The molecular formula is C10H13N2O9S-. The van der Waals surface area contributed by atoms with Crippen LogP contribution in [-0.4, -0.2) is 59.6 Å². The Kier molecular flexibility index (Phi) is 6.13. The fraction of sp³-hybridized carbons (Fsp3) is 0.500. The highest BCUT2D eigenvalue weighted by Crippen LogP contribution is 2.20. The molecule has 1 atom stereocenters. The summed E-state index contributed by atoms with van der Waals surface area (Å²) < 4.78 is 37.2. The third kappa shape index (κ3) is 4.85. The summed E-state index contributed by atoms with van der Waals surface area (Å²) in [6, 6.07) is 0. The summed E-state index contributed by atoms with van der Waals surface area (Å²) in [4.78, 5) is 38.9. The minimum absolute atomic E-state index is 0.0358. The Morgan fingerprint density at radius 1 is 1.50 bits per heavy atom. The summed E-state index contributed by atoms with van der Waals surface area (Å²) >= 11 is 0. The van der Waals surface area contributed by atoms with Crippen LogP contribution in [0.15, 0.2) is 12.2 Å². The topological polar surface area (TPSA) is 162 Å². The molecule has 2 amide bonds. The van der Waals surface area contributed by atoms with E-state index in [2.05, 4.69) is 11.4 Å². The van der Waals surface area contributed by atoms with Gasteiger partial charge < -0.3 is 19.3 Å². The lowest BCUT2D eigenvalue weighted by Gasteiger charge is -2.15. The number of hydrogen-bond donors (Lipinski definition) is 2. The molecule has 1 unspecified atom stereocenters. The average Bonchev–Trinajstić information content (AvgIpc) is 2.66. The quantitative estimate of drug-likeness (QED) is 0.127. The molecule has 124 valence electrons. The van der Waals surface area contributed by atoms with Crippen molar-refractivity contribution in [3.63, 3.8) is 0 Å². The van der Waals surface area contributed by atoms with Gasteiger partial charge in [0.2, 0.25) is 0 Å². The lowest BCUT2D eigenvalue weighted by molar-refractivity contribution is -0.197. The second-order valence-electron chi connectivity index (χ2n) is 4.25. The van der Waals surface area contributed by atoms with E-state index < -0.39 is 46.0 Å². The van der Waals surface area contributed by atoms with Crippen LogP contribution in [0.1, 0.15) is 12.8 Å². The SMILES string of the molecule is C=C(COCNO)CC(=O)ON1C(=O)CC(S(=O)(=O)[O-])C1=O. The van der Waals surface area contributed by atoms with Crippen LogP contribution in [0.25, 0.3) is 0 Å². The van der Waals surface area contributed by atoms with Gasteiger partial charge in [-0.1, -0.05) is 6.58 Å². The molecule has 0 aliphatic carbocycles. The maximum absolute atomic E-state index is 11.6. The van der Waals surface area contributed by atoms with Crippen LogP contribution in [0, 0.1) is 0 Å². The van der Waals surface area contributed by atoms with Crippen LogP contribution in [0.5, 0.6) is 0 Å². The summed E-state index contributed by atoms with van der Waals surface area (Å²) in [5.74, 6) is -3.56. The van der Waals surface area contributed by atoms with E-state index in [-0.39, 0.29) is 24.0 Å². The predicted octanol–water partition coefficient (Wildman–Crippen LogP) is -1.98. The maximum Gasteiger partial charge on any atom is 0.337 e. The molecule has 22 heavy (non-hydrogen) atoms. The number of rotatable bonds is 8. The van der Waals surface area contributed by atoms with Crippen molar-refractivity contribution >= 4 is 27.9 Å². The van der Waals surface area contributed by atoms with Gasteiger partial charge in [0.1, 0.15) is 22.1 Å². The van der Waals surface area contributed by atoms with E-state index in [0.717, 1.165) is 0 Å². The van der Waals surface area contributed by atoms with Gasteiger partial charge in [-0.25, -0.2) is 13.2 Å². The Hall–Kier alpha value is -1.86. The van der Waals surface area contributed by atoms with Crippen LogP contribution in [-0.2, 0) is 34.1 Å². The zero-order chi connectivity index (χ0) is 16.9. The summed E-state index contributed by atoms with van der Waals surface area (Å²) in [5, 5.41) is 6.12. The standard InChI is InChI=1S/C10H14N2O9S/c1-6(4-20-5-11-16)2-9(14)21-12-8(13)3-7(10(12)15)22(17,18)19/h7,11,16H,1-5H2,(H,17,18,19)/p-1. The first kappa shape index (κ1) is 18.2. The highest BCUT2D eigenvalue weighted by molar-refractivity contribution is 7.87. The van der Waals surface area contributed by atoms with Gasteiger partial charge in [0.15, 0.2) is 0 Å². The molecule has 1 aliphatic rings. The summed E-state index contributed by atoms with van der Waals surface area (Å²) in [5.41, 5.74) is 1.92. The third-order valence-electron chi connectivity index (χ3n) is 2.47. The van der Waals surface area contributed by atoms with Crippen molar-refractivity contribution in [3.8, 4) is 0 Å². The molecule has 0 aromatic heterocycles. The normalized spacial score (nSPS) is 18.6. The van der Waals surface area contributed by atoms with Crippen LogP contribution in [0.3, 0.4) is 0 Å². The first-order valence-electron chi connectivity index (χ1n) is 5.80. The Balaban J connectivity index is 2.56. The van der Waals surface area contributed by atoms with Crippen molar-refractivity contribution in [1.82, 2.24) is 10.5 Å². The third-order valence-corrected chi connectivity index (χ3v) is 3.54. The fourth-order valence-corrected chi connectivity index (χ4v) is 2.22. The van der Waals surface area contributed by atoms with Crippen molar-refractivity contribution in [2.75, 3.05) is 13.3 Å². The van der Waals surface area contributed by atoms with Crippen LogP contribution < -0.4 is 5.48 Å². The first-order chi connectivity index (χ1) is 10.2. The zero-order valence-electron chi connectivity index (χ0n) is 11.2. The highest BCUT2D eigenvalue weighted by atomic mass is 32.2. The molecule has 0 aromatic carbocycles. The molecule has 0 aromatic rings. The molecule has 11 nitrogen and oxygen atoms in total. The van der Waals surface area contributed by atoms with E-state index in [1.165, 1.54) is 0 Å². The smallest absolute Gasteiger partial charge is 0.337 e. The zero-order valence-corrected chi connectivity index (χ0v) is 12.0. The fourth-order valence-electron chi connectivity index (χ4n) is 1.53. The van der Waals surface area contributed by atoms with E-state index in [9.17, 15) is 27.4 Å². The lowest BCUT2D eigenvalue weighted by atomic mass is 10.2. The molecule has 2 N–H and O–H groups in total. The van der Waals surface area contributed by atoms with Gasteiger partial charge in [0.05, 0.1) is 19.4 Å². The van der Waals surface area contributed by atoms with Crippen molar-refractivity contribution in [2.45, 2.75) is 18.1 Å². The number of nitrogens with one attached hydrogen (secondary N) is 1. The average molecular weight is 337 g/mol. The van der Waals surface area contributed by atoms with Gasteiger partial charge in [-0.3, -0.25) is 9.59 Å². The molecular weight excluding hydrogens is 324 g/mol. The molecule has 1 fully saturated rings. The summed E-state index contributed by atoms with van der Waals surface area (Å²) in [7, 11) is -5.01. The molecule has 1 heterocycles. The van der Waals surface area contributed by atoms with Gasteiger partial charge in [-0.15, -0.1) is 5.06 Å². The predicted molar refractivity (Wildman–Crippen MR) is 65.5 cm³/mol. The van der Waals surface area contributed by atoms with Crippen LogP contribution in [0.4, 0.5) is 0 Å². The molecule has 1 aliphatic heterocycles. The van der Waals surface area contributed by atoms with Gasteiger partial charge in [-0.05, 0) is 5.57 Å². The van der Waals surface area contributed by atoms with Gasteiger partial charge in [0.25, 0.3) is 11.8 Å². The van der Waals surface area contributed by atoms with Gasteiger partial charge in [-0.2, -0.15) is 5.48 Å². The van der Waals surface area contributed by atoms with Crippen LogP contribution >= 0.6 is 0 Å². The lowest BCUT2D eigenvalue weighted by Crippen LogP contribution is -2.36. The van der Waals surface area contributed by atoms with Crippen LogP contribution in [0.2, 0.25) is 0 Å². The number of amides is 2. The highest BCUT2D eigenvalue weighted by Gasteiger charge is 2.45. The largest absolute Gasteiger partial charge is 0.747 e. The van der Waals surface area contributed by atoms with E-state index >= 15 is 0 Å².